The van der Waals surface area contributed by atoms with Crippen molar-refractivity contribution in [1.29, 1.82) is 0 Å². The first-order valence-corrected chi connectivity index (χ1v) is 8.43. The number of nitrogens with one attached hydrogen (secondary N) is 1. The van der Waals surface area contributed by atoms with Gasteiger partial charge in [0, 0.05) is 23.6 Å². The number of nitrogens with two attached hydrogens (primary N) is 1. The molecule has 0 aliphatic heterocycles. The lowest BCUT2D eigenvalue weighted by atomic mass is 10.1. The molecule has 144 valence electrons. The molecule has 4 rings (SSSR count). The van der Waals surface area contributed by atoms with Gasteiger partial charge < -0.3 is 10.8 Å². The van der Waals surface area contributed by atoms with Gasteiger partial charge in [-0.1, -0.05) is 0 Å². The molecule has 4 N–H and O–H groups in total. The van der Waals surface area contributed by atoms with E-state index in [0.717, 1.165) is 5.39 Å². The van der Waals surface area contributed by atoms with Crippen molar-refractivity contribution >= 4 is 16.8 Å². The van der Waals surface area contributed by atoms with E-state index in [1.165, 1.54) is 11.6 Å². The third kappa shape index (κ3) is 2.72. The van der Waals surface area contributed by atoms with Crippen LogP contribution in [-0.4, -0.2) is 52.4 Å². The van der Waals surface area contributed by atoms with E-state index in [1.54, 1.807) is 30.1 Å². The van der Waals surface area contributed by atoms with Crippen LogP contribution in [-0.2, 0) is 13.6 Å². The lowest BCUT2D eigenvalue weighted by Crippen LogP contribution is -2.11. The number of aliphatic hydroxyl groups excluding tert-OH is 1. The number of fused-ring (bicyclic) bond motifs is 1. The second kappa shape index (κ2) is 6.53. The van der Waals surface area contributed by atoms with Crippen LogP contribution in [0.25, 0.3) is 33.8 Å². The fourth-order valence-electron chi connectivity index (χ4n) is 3.11. The summed E-state index contributed by atoms with van der Waals surface area (Å²) in [5.74, 6) is -0.732. The van der Waals surface area contributed by atoms with Gasteiger partial charge in [0.2, 0.25) is 5.91 Å². The number of hydrogen-bond donors (Lipinski definition) is 3. The maximum absolute atomic E-state index is 14.5. The third-order valence-corrected chi connectivity index (χ3v) is 4.47. The van der Waals surface area contributed by atoms with Crippen LogP contribution in [0.15, 0.2) is 18.3 Å². The summed E-state index contributed by atoms with van der Waals surface area (Å²) in [5, 5.41) is 25.1. The first-order valence-electron chi connectivity index (χ1n) is 8.43. The van der Waals surface area contributed by atoms with E-state index in [2.05, 4.69) is 25.4 Å². The number of aryl methyl sites for hydroxylation is 2. The van der Waals surface area contributed by atoms with Gasteiger partial charge >= 0.3 is 0 Å². The van der Waals surface area contributed by atoms with E-state index >= 15 is 0 Å². The van der Waals surface area contributed by atoms with Crippen LogP contribution in [0.2, 0.25) is 0 Å². The monoisotopic (exact) mass is 384 g/mol. The molecule has 0 unspecified atom stereocenters. The minimum atomic E-state index is -0.595. The Balaban J connectivity index is 1.88. The van der Waals surface area contributed by atoms with Crippen LogP contribution in [0.3, 0.4) is 0 Å². The average Bonchev–Trinajstić information content (AvgIpc) is 3.34. The number of aromatic nitrogens is 7. The molecule has 0 aliphatic carbocycles. The standard InChI is InChI=1S/C17H17FN8O2/c1-8-13(18)14(26(24-8)3-4-27)17-21-16(22-23-17)10-5-9(15(19)28)6-12-11(10)7-20-25(12)2/h5-7,27H,3-4H2,1-2H3,(H2,19,28)(H,21,22,23). The number of carbonyl (C=O) groups excluding carboxylic acids is 1. The van der Waals surface area contributed by atoms with Crippen molar-refractivity contribution < 1.29 is 14.3 Å². The van der Waals surface area contributed by atoms with Gasteiger partial charge in [-0.3, -0.25) is 19.3 Å². The highest BCUT2D eigenvalue weighted by atomic mass is 19.1. The molecule has 0 spiro atoms. The lowest BCUT2D eigenvalue weighted by Gasteiger charge is -2.04. The number of aromatic amines is 1. The number of H-pyrrole nitrogens is 1. The van der Waals surface area contributed by atoms with Gasteiger partial charge in [0.15, 0.2) is 17.5 Å². The van der Waals surface area contributed by atoms with Crippen LogP contribution in [0.4, 0.5) is 4.39 Å². The number of amides is 1. The van der Waals surface area contributed by atoms with Gasteiger partial charge in [-0.2, -0.15) is 15.3 Å². The second-order valence-corrected chi connectivity index (χ2v) is 6.29. The van der Waals surface area contributed by atoms with Gasteiger partial charge in [-0.05, 0) is 19.1 Å². The summed E-state index contributed by atoms with van der Waals surface area (Å²) in [5.41, 5.74) is 7.23. The number of benzene rings is 1. The van der Waals surface area contributed by atoms with Crippen molar-refractivity contribution in [3.63, 3.8) is 0 Å². The molecule has 3 heterocycles. The zero-order valence-corrected chi connectivity index (χ0v) is 15.1. The van der Waals surface area contributed by atoms with Crippen molar-refractivity contribution in [3.8, 4) is 22.9 Å². The number of nitrogens with zero attached hydrogens (tertiary/aromatic N) is 6. The summed E-state index contributed by atoms with van der Waals surface area (Å²) < 4.78 is 17.5. The van der Waals surface area contributed by atoms with E-state index in [0.29, 0.717) is 11.1 Å². The highest BCUT2D eigenvalue weighted by Crippen LogP contribution is 2.30. The first-order chi connectivity index (χ1) is 13.4. The molecule has 4 aromatic rings. The number of aliphatic hydroxyl groups is 1. The summed E-state index contributed by atoms with van der Waals surface area (Å²) >= 11 is 0. The Morgan fingerprint density at radius 3 is 2.89 bits per heavy atom. The maximum atomic E-state index is 14.5. The zero-order chi connectivity index (χ0) is 20.0. The van der Waals surface area contributed by atoms with Crippen LogP contribution in [0, 0.1) is 12.7 Å². The average molecular weight is 384 g/mol. The number of carbonyl (C=O) groups is 1. The molecule has 0 fully saturated rings. The molecule has 0 radical (unpaired) electrons. The summed E-state index contributed by atoms with van der Waals surface area (Å²) in [4.78, 5) is 16.1. The molecule has 1 amide bonds. The Morgan fingerprint density at radius 2 is 2.18 bits per heavy atom. The number of rotatable bonds is 5. The largest absolute Gasteiger partial charge is 0.394 e. The quantitative estimate of drug-likeness (QED) is 0.464. The maximum Gasteiger partial charge on any atom is 0.248 e. The Bertz CT molecular complexity index is 1210. The minimum Gasteiger partial charge on any atom is -0.394 e. The normalized spacial score (nSPS) is 11.4. The molecule has 3 aromatic heterocycles. The van der Waals surface area contributed by atoms with Gasteiger partial charge in [0.1, 0.15) is 5.69 Å². The smallest absolute Gasteiger partial charge is 0.248 e. The van der Waals surface area contributed by atoms with E-state index < -0.39 is 11.7 Å². The summed E-state index contributed by atoms with van der Waals surface area (Å²) in [6, 6.07) is 3.22. The molecule has 28 heavy (non-hydrogen) atoms. The van der Waals surface area contributed by atoms with E-state index in [9.17, 15) is 14.3 Å². The highest BCUT2D eigenvalue weighted by molar-refractivity contribution is 6.02. The number of halogens is 1. The molecule has 0 saturated carbocycles. The fraction of sp³-hybridized carbons (Fsp3) is 0.235. The predicted octanol–water partition coefficient (Wildman–Crippen LogP) is 0.761. The molecular formula is C17H17FN8O2. The highest BCUT2D eigenvalue weighted by Gasteiger charge is 2.22. The molecule has 10 nitrogen and oxygen atoms in total. The zero-order valence-electron chi connectivity index (χ0n) is 15.1. The van der Waals surface area contributed by atoms with Crippen LogP contribution in [0.5, 0.6) is 0 Å². The summed E-state index contributed by atoms with van der Waals surface area (Å²) in [6.45, 7) is 1.44. The summed E-state index contributed by atoms with van der Waals surface area (Å²) in [6.07, 6.45) is 1.63. The van der Waals surface area contributed by atoms with Crippen LogP contribution in [0.1, 0.15) is 16.1 Å². The molecule has 0 atom stereocenters. The molecular weight excluding hydrogens is 367 g/mol. The van der Waals surface area contributed by atoms with E-state index in [-0.39, 0.29) is 41.8 Å². The van der Waals surface area contributed by atoms with E-state index in [1.807, 2.05) is 0 Å². The van der Waals surface area contributed by atoms with Crippen molar-refractivity contribution in [2.75, 3.05) is 6.61 Å². The Hall–Kier alpha value is -3.60. The Morgan fingerprint density at radius 1 is 1.39 bits per heavy atom. The topological polar surface area (TPSA) is 141 Å². The molecule has 0 bridgehead atoms. The van der Waals surface area contributed by atoms with Crippen molar-refractivity contribution in [3.05, 3.63) is 35.4 Å². The minimum absolute atomic E-state index is 0.0961. The molecule has 1 aromatic carbocycles. The summed E-state index contributed by atoms with van der Waals surface area (Å²) in [7, 11) is 1.74. The van der Waals surface area contributed by atoms with Crippen molar-refractivity contribution in [2.45, 2.75) is 13.5 Å². The van der Waals surface area contributed by atoms with Crippen LogP contribution >= 0.6 is 0 Å². The van der Waals surface area contributed by atoms with Crippen molar-refractivity contribution in [2.24, 2.45) is 12.8 Å². The van der Waals surface area contributed by atoms with Crippen molar-refractivity contribution in [1.82, 2.24) is 34.7 Å². The Labute approximate surface area is 157 Å². The SMILES string of the molecule is Cc1nn(CCO)c(-c2nc(-c3cc(C(N)=O)cc4c3cnn4C)n[nH]2)c1F. The fourth-order valence-corrected chi connectivity index (χ4v) is 3.11. The lowest BCUT2D eigenvalue weighted by molar-refractivity contribution is 0.100. The van der Waals surface area contributed by atoms with Gasteiger partial charge in [0.25, 0.3) is 0 Å². The molecule has 11 heteroatoms. The van der Waals surface area contributed by atoms with Gasteiger partial charge in [0.05, 0.1) is 30.6 Å². The van der Waals surface area contributed by atoms with Crippen LogP contribution < -0.4 is 5.73 Å². The first kappa shape index (κ1) is 17.8. The second-order valence-electron chi connectivity index (χ2n) is 6.29. The number of primary amides is 1. The predicted molar refractivity (Wildman–Crippen MR) is 97.6 cm³/mol. The van der Waals surface area contributed by atoms with E-state index in [4.69, 9.17) is 5.73 Å². The van der Waals surface area contributed by atoms with Gasteiger partial charge in [-0.15, -0.1) is 0 Å². The number of hydrogen-bond acceptors (Lipinski definition) is 6. The molecule has 0 saturated heterocycles. The Kier molecular flexibility index (Phi) is 4.15. The molecule has 0 aliphatic rings. The van der Waals surface area contributed by atoms with Gasteiger partial charge in [-0.25, -0.2) is 9.37 Å². The third-order valence-electron chi connectivity index (χ3n) is 4.47.